The second-order valence-electron chi connectivity index (χ2n) is 5.49. The molecule has 1 rings (SSSR count). The van der Waals surface area contributed by atoms with Crippen LogP contribution in [0.1, 0.15) is 52.9 Å². The van der Waals surface area contributed by atoms with Crippen LogP contribution in [-0.4, -0.2) is 18.2 Å². The lowest BCUT2D eigenvalue weighted by Gasteiger charge is -2.30. The van der Waals surface area contributed by atoms with E-state index in [1.54, 1.807) is 0 Å². The standard InChI is InChI=1S/C12H25NO/c1-12(2,3)14-9-11(13)10-7-5-4-6-8-10/h10-11H,4-9,13H2,1-3H3. The largest absolute Gasteiger partial charge is 0.374 e. The zero-order chi connectivity index (χ0) is 10.6. The Kier molecular flexibility index (Phi) is 4.39. The Labute approximate surface area is 88.2 Å². The Balaban J connectivity index is 2.23. The third-order valence-corrected chi connectivity index (χ3v) is 2.96. The molecule has 2 heteroatoms. The molecular weight excluding hydrogens is 174 g/mol. The van der Waals surface area contributed by atoms with Gasteiger partial charge in [-0.15, -0.1) is 0 Å². The first-order valence-corrected chi connectivity index (χ1v) is 5.88. The zero-order valence-corrected chi connectivity index (χ0v) is 9.88. The summed E-state index contributed by atoms with van der Waals surface area (Å²) in [5.41, 5.74) is 6.08. The van der Waals surface area contributed by atoms with Crippen molar-refractivity contribution in [3.8, 4) is 0 Å². The van der Waals surface area contributed by atoms with Gasteiger partial charge in [0.1, 0.15) is 0 Å². The maximum Gasteiger partial charge on any atom is 0.0627 e. The number of hydrogen-bond acceptors (Lipinski definition) is 2. The molecule has 0 spiro atoms. The highest BCUT2D eigenvalue weighted by Gasteiger charge is 2.22. The number of ether oxygens (including phenoxy) is 1. The zero-order valence-electron chi connectivity index (χ0n) is 9.88. The molecule has 0 saturated heterocycles. The molecule has 0 aliphatic heterocycles. The average molecular weight is 199 g/mol. The molecule has 1 atom stereocenters. The first kappa shape index (κ1) is 12.0. The van der Waals surface area contributed by atoms with Crippen molar-refractivity contribution >= 4 is 0 Å². The molecule has 0 heterocycles. The minimum absolute atomic E-state index is 0.0493. The van der Waals surface area contributed by atoms with Gasteiger partial charge in [-0.05, 0) is 39.5 Å². The van der Waals surface area contributed by atoms with Gasteiger partial charge in [0.25, 0.3) is 0 Å². The summed E-state index contributed by atoms with van der Waals surface area (Å²) in [6.07, 6.45) is 6.70. The van der Waals surface area contributed by atoms with Crippen molar-refractivity contribution in [2.24, 2.45) is 11.7 Å². The molecule has 0 aromatic rings. The summed E-state index contributed by atoms with van der Waals surface area (Å²) in [5, 5.41) is 0. The lowest BCUT2D eigenvalue weighted by Crippen LogP contribution is -2.38. The van der Waals surface area contributed by atoms with Crippen molar-refractivity contribution in [2.75, 3.05) is 6.61 Å². The van der Waals surface area contributed by atoms with E-state index in [-0.39, 0.29) is 11.6 Å². The van der Waals surface area contributed by atoms with E-state index in [1.165, 1.54) is 32.1 Å². The van der Waals surface area contributed by atoms with Crippen molar-refractivity contribution in [2.45, 2.75) is 64.5 Å². The van der Waals surface area contributed by atoms with Crippen LogP contribution in [0.3, 0.4) is 0 Å². The predicted octanol–water partition coefficient (Wildman–Crippen LogP) is 2.71. The first-order valence-electron chi connectivity index (χ1n) is 5.88. The van der Waals surface area contributed by atoms with Crippen molar-refractivity contribution in [3.05, 3.63) is 0 Å². The van der Waals surface area contributed by atoms with Crippen molar-refractivity contribution in [3.63, 3.8) is 0 Å². The van der Waals surface area contributed by atoms with E-state index in [0.29, 0.717) is 12.5 Å². The van der Waals surface area contributed by atoms with Gasteiger partial charge < -0.3 is 10.5 Å². The molecule has 2 N–H and O–H groups in total. The maximum atomic E-state index is 6.13. The molecule has 1 saturated carbocycles. The highest BCUT2D eigenvalue weighted by atomic mass is 16.5. The monoisotopic (exact) mass is 199 g/mol. The van der Waals surface area contributed by atoms with Crippen molar-refractivity contribution in [1.29, 1.82) is 0 Å². The Bertz CT molecular complexity index is 156. The van der Waals surface area contributed by atoms with Gasteiger partial charge in [0.15, 0.2) is 0 Å². The fourth-order valence-corrected chi connectivity index (χ4v) is 2.04. The van der Waals surface area contributed by atoms with Gasteiger partial charge in [-0.25, -0.2) is 0 Å². The molecule has 0 radical (unpaired) electrons. The second-order valence-corrected chi connectivity index (χ2v) is 5.49. The summed E-state index contributed by atoms with van der Waals surface area (Å²) in [5.74, 6) is 0.700. The van der Waals surface area contributed by atoms with E-state index in [9.17, 15) is 0 Å². The highest BCUT2D eigenvalue weighted by Crippen LogP contribution is 2.26. The second kappa shape index (κ2) is 5.13. The first-order chi connectivity index (χ1) is 6.49. The SMILES string of the molecule is CC(C)(C)OCC(N)C1CCCCC1. The quantitative estimate of drug-likeness (QED) is 0.758. The van der Waals surface area contributed by atoms with E-state index in [0.717, 1.165) is 0 Å². The summed E-state index contributed by atoms with van der Waals surface area (Å²) in [6, 6.07) is 0.245. The Hall–Kier alpha value is -0.0800. The normalized spacial score (nSPS) is 22.3. The van der Waals surface area contributed by atoms with Crippen LogP contribution >= 0.6 is 0 Å². The molecule has 1 aliphatic carbocycles. The topological polar surface area (TPSA) is 35.2 Å². The maximum absolute atomic E-state index is 6.13. The molecule has 14 heavy (non-hydrogen) atoms. The summed E-state index contributed by atoms with van der Waals surface area (Å²) in [4.78, 5) is 0. The third-order valence-electron chi connectivity index (χ3n) is 2.96. The molecule has 2 nitrogen and oxygen atoms in total. The smallest absolute Gasteiger partial charge is 0.0627 e. The molecule has 0 aromatic carbocycles. The molecule has 84 valence electrons. The molecule has 0 aromatic heterocycles. The Morgan fingerprint density at radius 3 is 2.29 bits per heavy atom. The van der Waals surface area contributed by atoms with E-state index in [4.69, 9.17) is 10.5 Å². The molecule has 0 bridgehead atoms. The van der Waals surface area contributed by atoms with E-state index in [2.05, 4.69) is 20.8 Å². The summed E-state index contributed by atoms with van der Waals surface area (Å²) in [6.45, 7) is 6.97. The minimum Gasteiger partial charge on any atom is -0.374 e. The van der Waals surface area contributed by atoms with Gasteiger partial charge in [0, 0.05) is 6.04 Å². The van der Waals surface area contributed by atoms with E-state index < -0.39 is 0 Å². The van der Waals surface area contributed by atoms with Crippen LogP contribution in [0.4, 0.5) is 0 Å². The Morgan fingerprint density at radius 2 is 1.79 bits per heavy atom. The van der Waals surface area contributed by atoms with Crippen LogP contribution in [0.5, 0.6) is 0 Å². The van der Waals surface area contributed by atoms with E-state index >= 15 is 0 Å². The van der Waals surface area contributed by atoms with Gasteiger partial charge in [-0.3, -0.25) is 0 Å². The van der Waals surface area contributed by atoms with Crippen LogP contribution in [0.25, 0.3) is 0 Å². The number of hydrogen-bond donors (Lipinski definition) is 1. The fraction of sp³-hybridized carbons (Fsp3) is 1.00. The van der Waals surface area contributed by atoms with Gasteiger partial charge in [0.05, 0.1) is 12.2 Å². The highest BCUT2D eigenvalue weighted by molar-refractivity contribution is 4.77. The molecule has 1 fully saturated rings. The summed E-state index contributed by atoms with van der Waals surface area (Å²) < 4.78 is 5.72. The van der Waals surface area contributed by atoms with Gasteiger partial charge in [-0.1, -0.05) is 19.3 Å². The van der Waals surface area contributed by atoms with Crippen LogP contribution in [-0.2, 0) is 4.74 Å². The van der Waals surface area contributed by atoms with Crippen LogP contribution in [0, 0.1) is 5.92 Å². The minimum atomic E-state index is -0.0493. The summed E-state index contributed by atoms with van der Waals surface area (Å²) in [7, 11) is 0. The molecule has 1 unspecified atom stereocenters. The van der Waals surface area contributed by atoms with Gasteiger partial charge in [0.2, 0.25) is 0 Å². The molecule has 1 aliphatic rings. The number of rotatable bonds is 3. The van der Waals surface area contributed by atoms with Crippen molar-refractivity contribution in [1.82, 2.24) is 0 Å². The summed E-state index contributed by atoms with van der Waals surface area (Å²) >= 11 is 0. The van der Waals surface area contributed by atoms with Crippen molar-refractivity contribution < 1.29 is 4.74 Å². The van der Waals surface area contributed by atoms with Crippen LogP contribution in [0.15, 0.2) is 0 Å². The third kappa shape index (κ3) is 4.43. The lowest BCUT2D eigenvalue weighted by atomic mass is 9.84. The van der Waals surface area contributed by atoms with E-state index in [1.807, 2.05) is 0 Å². The predicted molar refractivity (Wildman–Crippen MR) is 60.3 cm³/mol. The lowest BCUT2D eigenvalue weighted by molar-refractivity contribution is -0.0188. The number of nitrogens with two attached hydrogens (primary N) is 1. The van der Waals surface area contributed by atoms with Crippen LogP contribution in [0.2, 0.25) is 0 Å². The fourth-order valence-electron chi connectivity index (χ4n) is 2.04. The van der Waals surface area contributed by atoms with Gasteiger partial charge in [-0.2, -0.15) is 0 Å². The Morgan fingerprint density at radius 1 is 1.21 bits per heavy atom. The average Bonchev–Trinajstić information content (AvgIpc) is 2.14. The molecule has 0 amide bonds. The van der Waals surface area contributed by atoms with Crippen LogP contribution < -0.4 is 5.73 Å². The molecular formula is C12H25NO. The van der Waals surface area contributed by atoms with Gasteiger partial charge >= 0.3 is 0 Å².